The molecule has 262 valence electrons. The molecule has 3 heteroatoms. The van der Waals surface area contributed by atoms with Gasteiger partial charge in [-0.1, -0.05) is 171 Å². The number of allylic oxidation sites excluding steroid dienone is 4. The molecule has 0 saturated carbocycles. The van der Waals surface area contributed by atoms with Gasteiger partial charge in [-0.3, -0.25) is 0 Å². The van der Waals surface area contributed by atoms with Crippen LogP contribution in [0.2, 0.25) is 0 Å². The average molecular weight is 706 g/mol. The number of fused-ring (bicyclic) bond motifs is 3. The first-order chi connectivity index (χ1) is 27.0. The van der Waals surface area contributed by atoms with Crippen LogP contribution in [0.3, 0.4) is 0 Å². The van der Waals surface area contributed by atoms with Crippen molar-refractivity contribution in [3.05, 3.63) is 193 Å². The molecule has 0 saturated heterocycles. The van der Waals surface area contributed by atoms with Crippen LogP contribution in [0.25, 0.3) is 83.9 Å². The van der Waals surface area contributed by atoms with Crippen molar-refractivity contribution in [2.45, 2.75) is 32.1 Å². The first kappa shape index (κ1) is 32.9. The summed E-state index contributed by atoms with van der Waals surface area (Å²) in [7, 11) is 0. The SMILES string of the molecule is CC1(C)C2=C(C=CCC2)c2ccc(-c3cccc(-c4ccc5ccc(-c6ccc(-c7nc(-c8ccccc8)nc(-c8ccccc8)n7)cc6)cc5c4)c3)cc21. The molecular formula is C52H39N3. The molecule has 8 aromatic rings. The Morgan fingerprint density at radius 2 is 0.891 bits per heavy atom. The van der Waals surface area contributed by atoms with Crippen LogP contribution in [0.1, 0.15) is 37.8 Å². The van der Waals surface area contributed by atoms with Crippen molar-refractivity contribution in [1.29, 1.82) is 0 Å². The summed E-state index contributed by atoms with van der Waals surface area (Å²) in [6, 6.07) is 58.4. The summed E-state index contributed by atoms with van der Waals surface area (Å²) < 4.78 is 0. The number of aromatic nitrogens is 3. The van der Waals surface area contributed by atoms with E-state index in [9.17, 15) is 0 Å². The van der Waals surface area contributed by atoms with E-state index in [0.717, 1.165) is 35.1 Å². The van der Waals surface area contributed by atoms with Crippen LogP contribution in [0.5, 0.6) is 0 Å². The van der Waals surface area contributed by atoms with Crippen LogP contribution in [-0.2, 0) is 5.41 Å². The van der Waals surface area contributed by atoms with E-state index in [1.165, 1.54) is 55.3 Å². The minimum Gasteiger partial charge on any atom is -0.208 e. The maximum Gasteiger partial charge on any atom is 0.164 e. The quantitative estimate of drug-likeness (QED) is 0.173. The van der Waals surface area contributed by atoms with Gasteiger partial charge in [0.2, 0.25) is 0 Å². The van der Waals surface area contributed by atoms with Gasteiger partial charge in [0.1, 0.15) is 0 Å². The van der Waals surface area contributed by atoms with Gasteiger partial charge in [0.05, 0.1) is 0 Å². The molecule has 55 heavy (non-hydrogen) atoms. The second kappa shape index (κ2) is 13.3. The number of nitrogens with zero attached hydrogens (tertiary/aromatic N) is 3. The number of rotatable bonds is 6. The third kappa shape index (κ3) is 5.99. The largest absolute Gasteiger partial charge is 0.208 e. The standard InChI is InChI=1S/C52H39N3/c1-52(2)47-19-10-9-18-45(47)46-29-28-43(33-48(46)52)40-17-11-16-39(30-40)42-27-23-35-22-26-41(31-44(35)32-42)34-20-24-38(25-21-34)51-54-49(36-12-5-3-6-13-36)53-50(55-51)37-14-7-4-8-15-37/h3-9,11-18,20-33H,10,19H2,1-2H3. The molecule has 2 aliphatic carbocycles. The maximum atomic E-state index is 4.92. The van der Waals surface area contributed by atoms with Crippen molar-refractivity contribution in [3.8, 4) is 67.5 Å². The van der Waals surface area contributed by atoms with E-state index in [0.29, 0.717) is 17.5 Å². The Bertz CT molecular complexity index is 2750. The van der Waals surface area contributed by atoms with Crippen LogP contribution in [0.4, 0.5) is 0 Å². The van der Waals surface area contributed by atoms with Gasteiger partial charge in [0, 0.05) is 22.1 Å². The summed E-state index contributed by atoms with van der Waals surface area (Å²) in [4.78, 5) is 14.7. The van der Waals surface area contributed by atoms with E-state index < -0.39 is 0 Å². The minimum atomic E-state index is 0.0595. The van der Waals surface area contributed by atoms with E-state index in [1.807, 2.05) is 60.7 Å². The lowest BCUT2D eigenvalue weighted by Gasteiger charge is -2.26. The van der Waals surface area contributed by atoms with Gasteiger partial charge >= 0.3 is 0 Å². The van der Waals surface area contributed by atoms with Crippen LogP contribution >= 0.6 is 0 Å². The van der Waals surface area contributed by atoms with E-state index in [1.54, 1.807) is 5.57 Å². The summed E-state index contributed by atoms with van der Waals surface area (Å²) in [5, 5.41) is 2.43. The Morgan fingerprint density at radius 3 is 1.51 bits per heavy atom. The van der Waals surface area contributed by atoms with Gasteiger partial charge in [0.25, 0.3) is 0 Å². The molecule has 0 radical (unpaired) electrons. The molecule has 0 N–H and O–H groups in total. The summed E-state index contributed by atoms with van der Waals surface area (Å²) in [5.41, 5.74) is 16.1. The topological polar surface area (TPSA) is 38.7 Å². The fourth-order valence-corrected chi connectivity index (χ4v) is 8.44. The molecule has 0 fully saturated rings. The highest BCUT2D eigenvalue weighted by atomic mass is 15.0. The molecule has 1 heterocycles. The van der Waals surface area contributed by atoms with E-state index in [4.69, 9.17) is 15.0 Å². The van der Waals surface area contributed by atoms with E-state index in [-0.39, 0.29) is 5.41 Å². The Labute approximate surface area is 322 Å². The zero-order valence-corrected chi connectivity index (χ0v) is 31.0. The molecule has 0 bridgehead atoms. The highest BCUT2D eigenvalue weighted by Gasteiger charge is 2.37. The lowest BCUT2D eigenvalue weighted by Crippen LogP contribution is -2.17. The molecule has 7 aromatic carbocycles. The van der Waals surface area contributed by atoms with Crippen molar-refractivity contribution < 1.29 is 0 Å². The molecule has 0 spiro atoms. The molecule has 0 amide bonds. The highest BCUT2D eigenvalue weighted by molar-refractivity contribution is 5.92. The lowest BCUT2D eigenvalue weighted by atomic mass is 9.78. The van der Waals surface area contributed by atoms with Gasteiger partial charge in [-0.15, -0.1) is 0 Å². The Morgan fingerprint density at radius 1 is 0.418 bits per heavy atom. The van der Waals surface area contributed by atoms with Crippen molar-refractivity contribution >= 4 is 16.3 Å². The predicted octanol–water partition coefficient (Wildman–Crippen LogP) is 13.4. The summed E-state index contributed by atoms with van der Waals surface area (Å²) in [5.74, 6) is 1.98. The second-order valence-corrected chi connectivity index (χ2v) is 15.2. The fraction of sp³-hybridized carbons (Fsp3) is 0.0962. The monoisotopic (exact) mass is 705 g/mol. The lowest BCUT2D eigenvalue weighted by molar-refractivity contribution is 0.607. The minimum absolute atomic E-state index is 0.0595. The molecule has 2 aliphatic rings. The highest BCUT2D eigenvalue weighted by Crippen LogP contribution is 2.51. The van der Waals surface area contributed by atoms with Crippen LogP contribution in [0, 0.1) is 0 Å². The van der Waals surface area contributed by atoms with Crippen molar-refractivity contribution in [2.75, 3.05) is 0 Å². The summed E-state index contributed by atoms with van der Waals surface area (Å²) in [6.07, 6.45) is 6.96. The van der Waals surface area contributed by atoms with Crippen LogP contribution in [-0.4, -0.2) is 15.0 Å². The molecule has 0 atom stereocenters. The van der Waals surface area contributed by atoms with Crippen LogP contribution < -0.4 is 0 Å². The first-order valence-electron chi connectivity index (χ1n) is 19.2. The smallest absolute Gasteiger partial charge is 0.164 e. The van der Waals surface area contributed by atoms with E-state index in [2.05, 4.69) is 129 Å². The average Bonchev–Trinajstić information content (AvgIpc) is 3.49. The third-order valence-electron chi connectivity index (χ3n) is 11.5. The van der Waals surface area contributed by atoms with Gasteiger partial charge in [-0.2, -0.15) is 0 Å². The van der Waals surface area contributed by atoms with Gasteiger partial charge in [0.15, 0.2) is 17.5 Å². The normalized spacial score (nSPS) is 14.2. The number of hydrogen-bond donors (Lipinski definition) is 0. The molecule has 3 nitrogen and oxygen atoms in total. The van der Waals surface area contributed by atoms with Crippen molar-refractivity contribution in [1.82, 2.24) is 15.0 Å². The zero-order valence-electron chi connectivity index (χ0n) is 31.0. The summed E-state index contributed by atoms with van der Waals surface area (Å²) >= 11 is 0. The number of hydrogen-bond acceptors (Lipinski definition) is 3. The Balaban J connectivity index is 0.951. The molecule has 1 aromatic heterocycles. The Kier molecular flexibility index (Phi) is 7.96. The zero-order chi connectivity index (χ0) is 36.9. The maximum absolute atomic E-state index is 4.92. The predicted molar refractivity (Wildman–Crippen MR) is 228 cm³/mol. The summed E-state index contributed by atoms with van der Waals surface area (Å²) in [6.45, 7) is 4.79. The van der Waals surface area contributed by atoms with Crippen LogP contribution in [0.15, 0.2) is 182 Å². The van der Waals surface area contributed by atoms with Gasteiger partial charge in [-0.25, -0.2) is 15.0 Å². The molecule has 10 rings (SSSR count). The Hall–Kier alpha value is -6.71. The molecular weight excluding hydrogens is 667 g/mol. The van der Waals surface area contributed by atoms with Gasteiger partial charge in [-0.05, 0) is 98.0 Å². The van der Waals surface area contributed by atoms with Crippen molar-refractivity contribution in [3.63, 3.8) is 0 Å². The fourth-order valence-electron chi connectivity index (χ4n) is 8.44. The van der Waals surface area contributed by atoms with Crippen molar-refractivity contribution in [2.24, 2.45) is 0 Å². The number of benzene rings is 7. The van der Waals surface area contributed by atoms with Gasteiger partial charge < -0.3 is 0 Å². The van der Waals surface area contributed by atoms with E-state index >= 15 is 0 Å². The third-order valence-corrected chi connectivity index (χ3v) is 11.5. The molecule has 0 unspecified atom stereocenters. The first-order valence-corrected chi connectivity index (χ1v) is 19.2. The molecule has 0 aliphatic heterocycles. The second-order valence-electron chi connectivity index (χ2n) is 15.2.